The lowest BCUT2D eigenvalue weighted by Gasteiger charge is -2.30. The zero-order valence-electron chi connectivity index (χ0n) is 23.9. The largest absolute Gasteiger partial charge is 0.462 e. The first kappa shape index (κ1) is 31.2. The quantitative estimate of drug-likeness (QED) is 0.116. The van der Waals surface area contributed by atoms with E-state index >= 15 is 0 Å². The molecule has 2 aliphatic rings. The zero-order chi connectivity index (χ0) is 32.7. The molecule has 0 saturated carbocycles. The van der Waals surface area contributed by atoms with Crippen molar-refractivity contribution in [3.05, 3.63) is 114 Å². The standard InChI is InChI=1S/C31H23ClN4O8S2/c1-2-44-30(40)17-5-9-19(10-6-17)33-22(37)15-34-29-26(46-31(34)41)23(16-3-7-18(32)8-4-16)24-25(45-29)28(39)35(27(24)38)20-11-13-21(14-12-20)36(42)43/h3-14,23-25H,2,15H2,1H3,(H,33,37)/t23-,24+,25-/m0/s1. The summed E-state index contributed by atoms with van der Waals surface area (Å²) >= 11 is 8.09. The Morgan fingerprint density at radius 3 is 2.28 bits per heavy atom. The molecule has 0 spiro atoms. The van der Waals surface area contributed by atoms with Crippen molar-refractivity contribution < 1.29 is 28.8 Å². The molecule has 0 bridgehead atoms. The van der Waals surface area contributed by atoms with Crippen LogP contribution >= 0.6 is 34.7 Å². The number of carbonyl (C=O) groups is 4. The zero-order valence-corrected chi connectivity index (χ0v) is 26.3. The smallest absolute Gasteiger partial charge is 0.338 e. The van der Waals surface area contributed by atoms with Crippen LogP contribution < -0.4 is 15.1 Å². The highest BCUT2D eigenvalue weighted by atomic mass is 35.5. The van der Waals surface area contributed by atoms with E-state index in [0.717, 1.165) is 28.0 Å². The second-order valence-corrected chi connectivity index (χ2v) is 12.9. The van der Waals surface area contributed by atoms with Crippen LogP contribution in [0.3, 0.4) is 0 Å². The Labute approximate surface area is 274 Å². The Bertz CT molecular complexity index is 1940. The van der Waals surface area contributed by atoms with Crippen molar-refractivity contribution in [2.24, 2.45) is 5.92 Å². The number of thioether (sulfide) groups is 1. The summed E-state index contributed by atoms with van der Waals surface area (Å²) < 4.78 is 6.27. The van der Waals surface area contributed by atoms with Crippen molar-refractivity contribution in [2.45, 2.75) is 29.7 Å². The number of nitrogens with one attached hydrogen (secondary N) is 1. The Morgan fingerprint density at radius 2 is 1.65 bits per heavy atom. The maximum atomic E-state index is 14.0. The van der Waals surface area contributed by atoms with E-state index < -0.39 is 50.6 Å². The van der Waals surface area contributed by atoms with Gasteiger partial charge in [-0.2, -0.15) is 0 Å². The SMILES string of the molecule is CCOC(=O)c1ccc(NC(=O)Cn2c3c(sc2=O)[C@@H](c2ccc(Cl)cc2)[C@H]2C(=O)N(c4ccc([N+](=O)[O-])cc4)C(=O)[C@H]2S3)cc1. The molecule has 12 nitrogen and oxygen atoms in total. The fourth-order valence-corrected chi connectivity index (χ4v) is 8.41. The topological polar surface area (TPSA) is 158 Å². The summed E-state index contributed by atoms with van der Waals surface area (Å²) in [5, 5.41) is 13.8. The molecule has 1 saturated heterocycles. The normalized spacial score (nSPS) is 18.6. The number of fused-ring (bicyclic) bond motifs is 2. The number of nitrogens with zero attached hydrogens (tertiary/aromatic N) is 3. The Hall–Kier alpha value is -4.79. The molecule has 1 fully saturated rings. The summed E-state index contributed by atoms with van der Waals surface area (Å²) in [7, 11) is 0. The summed E-state index contributed by atoms with van der Waals surface area (Å²) in [6.45, 7) is 1.56. The molecular weight excluding hydrogens is 656 g/mol. The van der Waals surface area contributed by atoms with Crippen LogP contribution in [0.15, 0.2) is 82.6 Å². The number of carbonyl (C=O) groups excluding carboxylic acids is 4. The molecule has 15 heteroatoms. The first-order valence-corrected chi connectivity index (χ1v) is 16.0. The van der Waals surface area contributed by atoms with Gasteiger partial charge in [0.25, 0.3) is 5.69 Å². The summed E-state index contributed by atoms with van der Waals surface area (Å²) in [6.07, 6.45) is 0. The number of ether oxygens (including phenoxy) is 1. The lowest BCUT2D eigenvalue weighted by Crippen LogP contribution is -2.33. The van der Waals surface area contributed by atoms with Gasteiger partial charge in [-0.25, -0.2) is 9.69 Å². The van der Waals surface area contributed by atoms with Crippen LogP contribution in [-0.4, -0.2) is 45.0 Å². The van der Waals surface area contributed by atoms with E-state index in [4.69, 9.17) is 16.3 Å². The Morgan fingerprint density at radius 1 is 0.978 bits per heavy atom. The number of benzene rings is 3. The number of halogens is 1. The second-order valence-electron chi connectivity index (χ2n) is 10.3. The van der Waals surface area contributed by atoms with Crippen molar-refractivity contribution in [1.29, 1.82) is 0 Å². The monoisotopic (exact) mass is 678 g/mol. The highest BCUT2D eigenvalue weighted by molar-refractivity contribution is 8.00. The number of rotatable bonds is 8. The Kier molecular flexibility index (Phi) is 8.51. The maximum absolute atomic E-state index is 14.0. The number of amides is 3. The van der Waals surface area contributed by atoms with Crippen LogP contribution in [0, 0.1) is 16.0 Å². The first-order valence-electron chi connectivity index (χ1n) is 13.9. The van der Waals surface area contributed by atoms with Crippen molar-refractivity contribution in [3.63, 3.8) is 0 Å². The number of anilines is 2. The molecule has 3 heterocycles. The van der Waals surface area contributed by atoms with E-state index in [1.165, 1.54) is 41.0 Å². The van der Waals surface area contributed by atoms with Crippen molar-refractivity contribution in [3.8, 4) is 0 Å². The van der Waals surface area contributed by atoms with Gasteiger partial charge in [0.15, 0.2) is 0 Å². The van der Waals surface area contributed by atoms with E-state index in [1.54, 1.807) is 43.3 Å². The molecule has 3 aromatic carbocycles. The van der Waals surface area contributed by atoms with Gasteiger partial charge in [-0.05, 0) is 61.0 Å². The summed E-state index contributed by atoms with van der Waals surface area (Å²) in [4.78, 5) is 77.9. The summed E-state index contributed by atoms with van der Waals surface area (Å²) in [5.74, 6) is -3.63. The summed E-state index contributed by atoms with van der Waals surface area (Å²) in [5.41, 5.74) is 1.39. The van der Waals surface area contributed by atoms with E-state index in [0.29, 0.717) is 31.7 Å². The number of imide groups is 1. The summed E-state index contributed by atoms with van der Waals surface area (Å²) in [6, 6.07) is 18.0. The maximum Gasteiger partial charge on any atom is 0.338 e. The van der Waals surface area contributed by atoms with Gasteiger partial charge < -0.3 is 10.1 Å². The van der Waals surface area contributed by atoms with Gasteiger partial charge in [-0.3, -0.25) is 33.9 Å². The van der Waals surface area contributed by atoms with E-state index in [9.17, 15) is 34.1 Å². The number of non-ortho nitro benzene ring substituents is 1. The second kappa shape index (κ2) is 12.5. The molecule has 46 heavy (non-hydrogen) atoms. The van der Waals surface area contributed by atoms with Crippen LogP contribution in [0.4, 0.5) is 17.1 Å². The molecular formula is C31H23ClN4O8S2. The fraction of sp³-hybridized carbons (Fsp3) is 0.194. The molecule has 234 valence electrons. The van der Waals surface area contributed by atoms with Gasteiger partial charge >= 0.3 is 10.8 Å². The minimum atomic E-state index is -0.936. The number of nitro benzene ring substituents is 1. The van der Waals surface area contributed by atoms with Gasteiger partial charge in [0.2, 0.25) is 17.7 Å². The number of esters is 1. The third-order valence-corrected chi connectivity index (χ3v) is 10.4. The molecule has 3 atom stereocenters. The molecule has 3 amide bonds. The van der Waals surface area contributed by atoms with Gasteiger partial charge in [-0.15, -0.1) is 0 Å². The van der Waals surface area contributed by atoms with Crippen LogP contribution in [0.5, 0.6) is 0 Å². The number of hydrogen-bond acceptors (Lipinski definition) is 10. The highest BCUT2D eigenvalue weighted by Gasteiger charge is 2.56. The Balaban J connectivity index is 1.33. The van der Waals surface area contributed by atoms with Gasteiger partial charge in [0.05, 0.1) is 33.7 Å². The first-order chi connectivity index (χ1) is 22.1. The minimum absolute atomic E-state index is 0.187. The van der Waals surface area contributed by atoms with E-state index in [-0.39, 0.29) is 24.5 Å². The van der Waals surface area contributed by atoms with Crippen molar-refractivity contribution >= 4 is 75.5 Å². The van der Waals surface area contributed by atoms with Crippen molar-refractivity contribution in [1.82, 2.24) is 4.57 Å². The predicted molar refractivity (Wildman–Crippen MR) is 172 cm³/mol. The molecule has 6 rings (SSSR count). The molecule has 1 aromatic heterocycles. The number of thiazole rings is 1. The molecule has 0 radical (unpaired) electrons. The van der Waals surface area contributed by atoms with Gasteiger partial charge in [0.1, 0.15) is 11.8 Å². The lowest BCUT2D eigenvalue weighted by molar-refractivity contribution is -0.384. The van der Waals surface area contributed by atoms with Crippen LogP contribution in [-0.2, 0) is 25.7 Å². The molecule has 2 aliphatic heterocycles. The minimum Gasteiger partial charge on any atom is -0.462 e. The van der Waals surface area contributed by atoms with Crippen LogP contribution in [0.1, 0.15) is 33.6 Å². The fourth-order valence-electron chi connectivity index (χ4n) is 5.51. The average molecular weight is 679 g/mol. The number of hydrogen-bond donors (Lipinski definition) is 1. The highest BCUT2D eigenvalue weighted by Crippen LogP contribution is 2.54. The van der Waals surface area contributed by atoms with Crippen LogP contribution in [0.2, 0.25) is 5.02 Å². The van der Waals surface area contributed by atoms with Crippen LogP contribution in [0.25, 0.3) is 0 Å². The van der Waals surface area contributed by atoms with E-state index in [1.807, 2.05) is 0 Å². The van der Waals surface area contributed by atoms with Gasteiger partial charge in [-0.1, -0.05) is 46.8 Å². The molecule has 1 N–H and O–H groups in total. The number of nitro groups is 1. The predicted octanol–water partition coefficient (Wildman–Crippen LogP) is 5.08. The number of aromatic nitrogens is 1. The lowest BCUT2D eigenvalue weighted by atomic mass is 9.83. The van der Waals surface area contributed by atoms with Gasteiger partial charge in [0, 0.05) is 33.6 Å². The average Bonchev–Trinajstić information content (AvgIpc) is 3.48. The molecule has 0 aliphatic carbocycles. The third-order valence-electron chi connectivity index (χ3n) is 7.58. The molecule has 4 aromatic rings. The van der Waals surface area contributed by atoms with Crippen molar-refractivity contribution in [2.75, 3.05) is 16.8 Å². The third kappa shape index (κ3) is 5.70. The van der Waals surface area contributed by atoms with E-state index in [2.05, 4.69) is 5.32 Å². The molecule has 0 unspecified atom stereocenters.